The molecule has 0 aliphatic rings. The first-order valence-corrected chi connectivity index (χ1v) is 3.46. The number of nitriles is 1. The molecule has 12 heavy (non-hydrogen) atoms. The van der Waals surface area contributed by atoms with Crippen molar-refractivity contribution >= 4 is 0 Å². The lowest BCUT2D eigenvalue weighted by Crippen LogP contribution is -2.08. The first kappa shape index (κ1) is 8.54. The van der Waals surface area contributed by atoms with Crippen molar-refractivity contribution in [2.45, 2.75) is 13.0 Å². The van der Waals surface area contributed by atoms with E-state index in [-0.39, 0.29) is 5.75 Å². The third-order valence-electron chi connectivity index (χ3n) is 1.22. The van der Waals surface area contributed by atoms with E-state index in [0.29, 0.717) is 0 Å². The average molecular weight is 164 g/mol. The highest BCUT2D eigenvalue weighted by molar-refractivity contribution is 5.21. The summed E-state index contributed by atoms with van der Waals surface area (Å²) in [6.45, 7) is 1.58. The molecule has 1 atom stereocenters. The molecular formula is C9H7FNO. The number of hydrogen-bond acceptors (Lipinski definition) is 2. The van der Waals surface area contributed by atoms with Crippen LogP contribution >= 0.6 is 0 Å². The van der Waals surface area contributed by atoms with Crippen LogP contribution in [0, 0.1) is 23.2 Å². The molecule has 1 rings (SSSR count). The van der Waals surface area contributed by atoms with Crippen LogP contribution < -0.4 is 4.74 Å². The van der Waals surface area contributed by atoms with Crippen LogP contribution in [0.25, 0.3) is 0 Å². The van der Waals surface area contributed by atoms with E-state index in [9.17, 15) is 4.39 Å². The number of nitrogens with zero attached hydrogens (tertiary/aromatic N) is 1. The number of hydrogen-bond donors (Lipinski definition) is 0. The summed E-state index contributed by atoms with van der Waals surface area (Å²) in [6, 6.07) is 8.40. The Hall–Kier alpha value is -1.56. The minimum Gasteiger partial charge on any atom is -0.475 e. The summed E-state index contributed by atoms with van der Waals surface area (Å²) in [5.74, 6) is -0.141. The monoisotopic (exact) mass is 164 g/mol. The molecule has 0 fully saturated rings. The van der Waals surface area contributed by atoms with Crippen molar-refractivity contribution in [3.63, 3.8) is 0 Å². The van der Waals surface area contributed by atoms with Gasteiger partial charge in [0.15, 0.2) is 6.10 Å². The smallest absolute Gasteiger partial charge is 0.181 e. The van der Waals surface area contributed by atoms with Crippen LogP contribution in [0.15, 0.2) is 18.2 Å². The summed E-state index contributed by atoms with van der Waals surface area (Å²) in [5.41, 5.74) is 0. The van der Waals surface area contributed by atoms with Crippen molar-refractivity contribution in [2.24, 2.45) is 0 Å². The van der Waals surface area contributed by atoms with E-state index in [2.05, 4.69) is 6.07 Å². The number of halogens is 1. The van der Waals surface area contributed by atoms with Crippen LogP contribution in [0.5, 0.6) is 5.75 Å². The second-order valence-electron chi connectivity index (χ2n) is 2.26. The second-order valence-corrected chi connectivity index (χ2v) is 2.26. The van der Waals surface area contributed by atoms with Crippen molar-refractivity contribution in [2.75, 3.05) is 0 Å². The van der Waals surface area contributed by atoms with Gasteiger partial charge in [-0.05, 0) is 19.1 Å². The molecular weight excluding hydrogens is 157 g/mol. The Kier molecular flexibility index (Phi) is 2.65. The van der Waals surface area contributed by atoms with Gasteiger partial charge in [-0.1, -0.05) is 0 Å². The zero-order chi connectivity index (χ0) is 8.97. The van der Waals surface area contributed by atoms with Crippen LogP contribution in [0.3, 0.4) is 0 Å². The topological polar surface area (TPSA) is 33.0 Å². The van der Waals surface area contributed by atoms with Gasteiger partial charge in [-0.15, -0.1) is 0 Å². The van der Waals surface area contributed by atoms with Crippen LogP contribution in [-0.2, 0) is 0 Å². The SMILES string of the molecule is CC(C#N)Oc1[c]ccc(F)c1. The Morgan fingerprint density at radius 2 is 2.50 bits per heavy atom. The maximum Gasteiger partial charge on any atom is 0.181 e. The third kappa shape index (κ3) is 2.24. The number of ether oxygens (including phenoxy) is 1. The van der Waals surface area contributed by atoms with E-state index in [1.165, 1.54) is 18.2 Å². The minimum absolute atomic E-state index is 0.254. The Labute approximate surface area is 70.2 Å². The van der Waals surface area contributed by atoms with E-state index in [0.717, 1.165) is 0 Å². The largest absolute Gasteiger partial charge is 0.475 e. The summed E-state index contributed by atoms with van der Waals surface area (Å²) < 4.78 is 17.5. The summed E-state index contributed by atoms with van der Waals surface area (Å²) in [6.07, 6.45) is -0.581. The highest BCUT2D eigenvalue weighted by Crippen LogP contribution is 2.12. The Balaban J connectivity index is 2.71. The van der Waals surface area contributed by atoms with Gasteiger partial charge in [0.05, 0.1) is 0 Å². The van der Waals surface area contributed by atoms with Gasteiger partial charge >= 0.3 is 0 Å². The zero-order valence-corrected chi connectivity index (χ0v) is 6.54. The predicted molar refractivity (Wildman–Crippen MR) is 40.9 cm³/mol. The number of rotatable bonds is 2. The van der Waals surface area contributed by atoms with Crippen LogP contribution in [0.1, 0.15) is 6.92 Å². The van der Waals surface area contributed by atoms with Crippen LogP contribution in [-0.4, -0.2) is 6.10 Å². The fourth-order valence-corrected chi connectivity index (χ4v) is 0.703. The van der Waals surface area contributed by atoms with Gasteiger partial charge in [-0.25, -0.2) is 4.39 Å². The normalized spacial score (nSPS) is 11.8. The molecule has 0 spiro atoms. The molecule has 61 valence electrons. The second kappa shape index (κ2) is 3.72. The summed E-state index contributed by atoms with van der Waals surface area (Å²) in [5, 5.41) is 8.38. The summed E-state index contributed by atoms with van der Waals surface area (Å²) in [7, 11) is 0. The molecule has 0 bridgehead atoms. The molecule has 0 amide bonds. The van der Waals surface area contributed by atoms with E-state index >= 15 is 0 Å². The number of benzene rings is 1. The molecule has 1 aromatic carbocycles. The lowest BCUT2D eigenvalue weighted by atomic mass is 10.3. The van der Waals surface area contributed by atoms with Crippen molar-refractivity contribution in [1.82, 2.24) is 0 Å². The van der Waals surface area contributed by atoms with Gasteiger partial charge in [-0.3, -0.25) is 0 Å². The molecule has 2 nitrogen and oxygen atoms in total. The Bertz CT molecular complexity index is 306. The van der Waals surface area contributed by atoms with Gasteiger partial charge in [0.25, 0.3) is 0 Å². The fraction of sp³-hybridized carbons (Fsp3) is 0.222. The molecule has 1 unspecified atom stereocenters. The molecule has 0 aliphatic heterocycles. The molecule has 0 aromatic heterocycles. The molecule has 1 radical (unpaired) electrons. The summed E-state index contributed by atoms with van der Waals surface area (Å²) >= 11 is 0. The summed E-state index contributed by atoms with van der Waals surface area (Å²) in [4.78, 5) is 0. The predicted octanol–water partition coefficient (Wildman–Crippen LogP) is 1.92. The quantitative estimate of drug-likeness (QED) is 0.668. The van der Waals surface area contributed by atoms with Crippen LogP contribution in [0.4, 0.5) is 4.39 Å². The fourth-order valence-electron chi connectivity index (χ4n) is 0.703. The van der Waals surface area contributed by atoms with Crippen LogP contribution in [0.2, 0.25) is 0 Å². The lowest BCUT2D eigenvalue weighted by Gasteiger charge is -2.05. The Morgan fingerprint density at radius 3 is 3.08 bits per heavy atom. The highest BCUT2D eigenvalue weighted by atomic mass is 19.1. The minimum atomic E-state index is -0.581. The Morgan fingerprint density at radius 1 is 1.75 bits per heavy atom. The van der Waals surface area contributed by atoms with Gasteiger partial charge in [0.2, 0.25) is 0 Å². The van der Waals surface area contributed by atoms with Gasteiger partial charge in [0.1, 0.15) is 17.6 Å². The average Bonchev–Trinajstić information content (AvgIpc) is 2.04. The van der Waals surface area contributed by atoms with E-state index < -0.39 is 11.9 Å². The molecule has 0 saturated heterocycles. The van der Waals surface area contributed by atoms with Gasteiger partial charge in [0, 0.05) is 12.1 Å². The maximum atomic E-state index is 12.5. The maximum absolute atomic E-state index is 12.5. The molecule has 1 aromatic rings. The molecule has 3 heteroatoms. The van der Waals surface area contributed by atoms with E-state index in [1.807, 2.05) is 6.07 Å². The van der Waals surface area contributed by atoms with Crippen molar-refractivity contribution in [3.8, 4) is 11.8 Å². The molecule has 0 heterocycles. The highest BCUT2D eigenvalue weighted by Gasteiger charge is 2.01. The van der Waals surface area contributed by atoms with E-state index in [1.54, 1.807) is 6.92 Å². The standard InChI is InChI=1S/C9H7FNO/c1-7(6-11)12-9-4-2-3-8(10)5-9/h2-3,5,7H,1H3. The van der Waals surface area contributed by atoms with Gasteiger partial charge in [-0.2, -0.15) is 5.26 Å². The third-order valence-corrected chi connectivity index (χ3v) is 1.22. The zero-order valence-electron chi connectivity index (χ0n) is 6.54. The molecule has 0 aliphatic carbocycles. The van der Waals surface area contributed by atoms with Crippen molar-refractivity contribution < 1.29 is 9.13 Å². The van der Waals surface area contributed by atoms with E-state index in [4.69, 9.17) is 10.00 Å². The van der Waals surface area contributed by atoms with Crippen molar-refractivity contribution in [3.05, 3.63) is 30.1 Å². The molecule has 0 N–H and O–H groups in total. The molecule has 0 saturated carbocycles. The first-order valence-electron chi connectivity index (χ1n) is 3.46. The van der Waals surface area contributed by atoms with Gasteiger partial charge < -0.3 is 4.74 Å². The first-order chi connectivity index (χ1) is 5.72. The lowest BCUT2D eigenvalue weighted by molar-refractivity contribution is 0.274. The van der Waals surface area contributed by atoms with Crippen molar-refractivity contribution in [1.29, 1.82) is 5.26 Å².